The number of hydrogen-bond acceptors (Lipinski definition) is 4. The summed E-state index contributed by atoms with van der Waals surface area (Å²) in [5.41, 5.74) is 3.16. The quantitative estimate of drug-likeness (QED) is 0.680. The first-order valence-corrected chi connectivity index (χ1v) is 9.49. The maximum absolute atomic E-state index is 13.5. The molecule has 1 unspecified atom stereocenters. The highest BCUT2D eigenvalue weighted by atomic mass is 35.5. The Hall–Kier alpha value is -2.99. The van der Waals surface area contributed by atoms with E-state index in [0.717, 1.165) is 29.7 Å². The van der Waals surface area contributed by atoms with Crippen molar-refractivity contribution in [2.24, 2.45) is 0 Å². The van der Waals surface area contributed by atoms with Gasteiger partial charge in [0.05, 0.1) is 0 Å². The number of fused-ring (bicyclic) bond motifs is 1. The number of allylic oxidation sites excluding steroid dienone is 2. The number of nitrogens with one attached hydrogen (secondary N) is 1. The Labute approximate surface area is 165 Å². The standard InChI is InChI=1S/C21H16ClFN4O/c22-14-4-1-3-13(11-14)20-25-21-24-16-5-2-6-17(28)18(16)19(27(21)26-20)12-7-9-15(23)10-8-12/h1,3-4,7-11,19H,2,5-6H2,(H,24,25,26). The molecule has 3 aromatic rings. The molecule has 0 spiro atoms. The highest BCUT2D eigenvalue weighted by Crippen LogP contribution is 2.40. The van der Waals surface area contributed by atoms with E-state index in [1.54, 1.807) is 28.9 Å². The second kappa shape index (κ2) is 6.56. The van der Waals surface area contributed by atoms with E-state index in [4.69, 9.17) is 11.6 Å². The fraction of sp³-hybridized carbons (Fsp3) is 0.190. The van der Waals surface area contributed by atoms with Gasteiger partial charge in [-0.1, -0.05) is 35.9 Å². The number of rotatable bonds is 2. The topological polar surface area (TPSA) is 59.8 Å². The van der Waals surface area contributed by atoms with Crippen LogP contribution in [0.4, 0.5) is 10.3 Å². The second-order valence-corrected chi connectivity index (χ2v) is 7.40. The van der Waals surface area contributed by atoms with Gasteiger partial charge < -0.3 is 5.32 Å². The van der Waals surface area contributed by atoms with E-state index in [1.165, 1.54) is 12.1 Å². The third-order valence-corrected chi connectivity index (χ3v) is 5.37. The van der Waals surface area contributed by atoms with E-state index in [2.05, 4.69) is 15.4 Å². The summed E-state index contributed by atoms with van der Waals surface area (Å²) in [5.74, 6) is 0.857. The number of hydrogen-bond donors (Lipinski definition) is 1. The number of aromatic nitrogens is 3. The zero-order chi connectivity index (χ0) is 19.3. The van der Waals surface area contributed by atoms with Crippen LogP contribution in [0.3, 0.4) is 0 Å². The van der Waals surface area contributed by atoms with E-state index < -0.39 is 6.04 Å². The van der Waals surface area contributed by atoms with Gasteiger partial charge in [0, 0.05) is 28.3 Å². The van der Waals surface area contributed by atoms with Crippen molar-refractivity contribution >= 4 is 23.3 Å². The Morgan fingerprint density at radius 1 is 1.14 bits per heavy atom. The van der Waals surface area contributed by atoms with Crippen LogP contribution < -0.4 is 5.32 Å². The molecule has 2 aromatic carbocycles. The summed E-state index contributed by atoms with van der Waals surface area (Å²) < 4.78 is 15.2. The maximum atomic E-state index is 13.5. The second-order valence-electron chi connectivity index (χ2n) is 6.96. The summed E-state index contributed by atoms with van der Waals surface area (Å²) in [6.07, 6.45) is 2.08. The lowest BCUT2D eigenvalue weighted by Crippen LogP contribution is -2.31. The molecule has 2 aliphatic rings. The molecule has 1 N–H and O–H groups in total. The normalized spacial score (nSPS) is 18.5. The van der Waals surface area contributed by atoms with Crippen LogP contribution in [0.5, 0.6) is 0 Å². The molecule has 0 saturated heterocycles. The van der Waals surface area contributed by atoms with Gasteiger partial charge in [-0.2, -0.15) is 4.98 Å². The van der Waals surface area contributed by atoms with Gasteiger partial charge in [0.2, 0.25) is 5.95 Å². The molecule has 0 radical (unpaired) electrons. The number of benzene rings is 2. The van der Waals surface area contributed by atoms with Gasteiger partial charge in [-0.15, -0.1) is 5.10 Å². The third-order valence-electron chi connectivity index (χ3n) is 5.14. The zero-order valence-corrected chi connectivity index (χ0v) is 15.6. The highest BCUT2D eigenvalue weighted by Gasteiger charge is 2.36. The lowest BCUT2D eigenvalue weighted by Gasteiger charge is -2.32. The average Bonchev–Trinajstić information content (AvgIpc) is 3.11. The van der Waals surface area contributed by atoms with Gasteiger partial charge in [-0.25, -0.2) is 9.07 Å². The van der Waals surface area contributed by atoms with Gasteiger partial charge in [-0.3, -0.25) is 4.79 Å². The lowest BCUT2D eigenvalue weighted by atomic mass is 9.85. The summed E-state index contributed by atoms with van der Waals surface area (Å²) in [7, 11) is 0. The van der Waals surface area contributed by atoms with E-state index in [1.807, 2.05) is 12.1 Å². The number of anilines is 1. The molecule has 0 amide bonds. The van der Waals surface area contributed by atoms with E-state index in [9.17, 15) is 9.18 Å². The van der Waals surface area contributed by atoms with Crippen molar-refractivity contribution in [1.82, 2.24) is 14.8 Å². The first-order valence-electron chi connectivity index (χ1n) is 9.11. The zero-order valence-electron chi connectivity index (χ0n) is 14.8. The Morgan fingerprint density at radius 3 is 2.75 bits per heavy atom. The molecule has 1 atom stereocenters. The Balaban J connectivity index is 1.68. The lowest BCUT2D eigenvalue weighted by molar-refractivity contribution is -0.116. The number of carbonyl (C=O) groups is 1. The molecule has 28 heavy (non-hydrogen) atoms. The molecule has 0 fully saturated rings. The maximum Gasteiger partial charge on any atom is 0.226 e. The Morgan fingerprint density at radius 2 is 1.96 bits per heavy atom. The fourth-order valence-electron chi connectivity index (χ4n) is 3.86. The third kappa shape index (κ3) is 2.81. The highest BCUT2D eigenvalue weighted by molar-refractivity contribution is 6.30. The molecule has 7 heteroatoms. The van der Waals surface area contributed by atoms with Crippen molar-refractivity contribution < 1.29 is 9.18 Å². The number of Topliss-reactive ketones (excluding diaryl/α,β-unsaturated/α-hetero) is 1. The van der Waals surface area contributed by atoms with Gasteiger partial charge in [0.15, 0.2) is 11.6 Å². The predicted octanol–water partition coefficient (Wildman–Crippen LogP) is 4.76. The molecule has 0 saturated carbocycles. The van der Waals surface area contributed by atoms with E-state index >= 15 is 0 Å². The van der Waals surface area contributed by atoms with Crippen LogP contribution in [-0.4, -0.2) is 20.5 Å². The van der Waals surface area contributed by atoms with Gasteiger partial charge in [0.1, 0.15) is 11.9 Å². The van der Waals surface area contributed by atoms with Crippen molar-refractivity contribution in [3.63, 3.8) is 0 Å². The number of carbonyl (C=O) groups excluding carboxylic acids is 1. The summed E-state index contributed by atoms with van der Waals surface area (Å²) in [6, 6.07) is 13.1. The summed E-state index contributed by atoms with van der Waals surface area (Å²) in [4.78, 5) is 17.4. The van der Waals surface area contributed by atoms with E-state index in [-0.39, 0.29) is 11.6 Å². The molecule has 140 valence electrons. The Bertz CT molecular complexity index is 1120. The largest absolute Gasteiger partial charge is 0.328 e. The molecule has 1 aromatic heterocycles. The molecule has 1 aliphatic heterocycles. The molecule has 5 rings (SSSR count). The van der Waals surface area contributed by atoms with Crippen molar-refractivity contribution in [1.29, 1.82) is 0 Å². The van der Waals surface area contributed by atoms with Crippen molar-refractivity contribution in [2.75, 3.05) is 5.32 Å². The van der Waals surface area contributed by atoms with Gasteiger partial charge >= 0.3 is 0 Å². The van der Waals surface area contributed by atoms with Gasteiger partial charge in [-0.05, 0) is 42.7 Å². The summed E-state index contributed by atoms with van der Waals surface area (Å²) in [5, 5.41) is 8.56. The molecule has 0 bridgehead atoms. The predicted molar refractivity (Wildman–Crippen MR) is 105 cm³/mol. The minimum absolute atomic E-state index is 0.0912. The molecule has 2 heterocycles. The molecular weight excluding hydrogens is 379 g/mol. The van der Waals surface area contributed by atoms with Crippen LogP contribution >= 0.6 is 11.6 Å². The van der Waals surface area contributed by atoms with Crippen molar-refractivity contribution in [3.05, 3.63) is 76.2 Å². The van der Waals surface area contributed by atoms with Crippen LogP contribution in [-0.2, 0) is 4.79 Å². The molecule has 1 aliphatic carbocycles. The minimum Gasteiger partial charge on any atom is -0.328 e. The monoisotopic (exact) mass is 394 g/mol. The van der Waals surface area contributed by atoms with E-state index in [0.29, 0.717) is 28.8 Å². The summed E-state index contributed by atoms with van der Waals surface area (Å²) >= 11 is 6.11. The minimum atomic E-state index is -0.430. The van der Waals surface area contributed by atoms with Crippen LogP contribution in [0, 0.1) is 5.82 Å². The first-order chi connectivity index (χ1) is 13.6. The molecular formula is C21H16ClFN4O. The fourth-order valence-corrected chi connectivity index (χ4v) is 4.05. The van der Waals surface area contributed by atoms with Crippen molar-refractivity contribution in [2.45, 2.75) is 25.3 Å². The number of halogens is 2. The smallest absolute Gasteiger partial charge is 0.226 e. The SMILES string of the molecule is O=C1CCCC2=C1C(c1ccc(F)cc1)n1nc(-c3cccc(Cl)c3)nc1N2. The Kier molecular flexibility index (Phi) is 4.02. The molecule has 5 nitrogen and oxygen atoms in total. The van der Waals surface area contributed by atoms with Crippen LogP contribution in [0.15, 0.2) is 59.8 Å². The number of ketones is 1. The van der Waals surface area contributed by atoms with Crippen molar-refractivity contribution in [3.8, 4) is 11.4 Å². The average molecular weight is 395 g/mol. The van der Waals surface area contributed by atoms with Crippen LogP contribution in [0.1, 0.15) is 30.9 Å². The summed E-state index contributed by atoms with van der Waals surface area (Å²) in [6.45, 7) is 0. The van der Waals surface area contributed by atoms with Crippen LogP contribution in [0.2, 0.25) is 5.02 Å². The van der Waals surface area contributed by atoms with Gasteiger partial charge in [0.25, 0.3) is 0 Å². The van der Waals surface area contributed by atoms with Crippen LogP contribution in [0.25, 0.3) is 11.4 Å². The first kappa shape index (κ1) is 17.1. The number of nitrogens with zero attached hydrogens (tertiary/aromatic N) is 3.